The highest BCUT2D eigenvalue weighted by atomic mass is 19.4. The fourth-order valence-corrected chi connectivity index (χ4v) is 2.10. The first-order valence-corrected chi connectivity index (χ1v) is 6.83. The van der Waals surface area contributed by atoms with Crippen LogP contribution in [0.5, 0.6) is 0 Å². The molecule has 0 atom stereocenters. The van der Waals surface area contributed by atoms with Crippen molar-refractivity contribution >= 4 is 11.6 Å². The van der Waals surface area contributed by atoms with E-state index in [-0.39, 0.29) is 11.6 Å². The first-order valence-electron chi connectivity index (χ1n) is 6.83. The van der Waals surface area contributed by atoms with E-state index in [9.17, 15) is 17.6 Å². The molecular weight excluding hydrogens is 326 g/mol. The predicted octanol–water partition coefficient (Wildman–Crippen LogP) is 3.87. The highest BCUT2D eigenvalue weighted by Gasteiger charge is 2.32. The van der Waals surface area contributed by atoms with Crippen LogP contribution in [0.1, 0.15) is 11.4 Å². The van der Waals surface area contributed by atoms with Crippen molar-refractivity contribution in [3.8, 4) is 5.69 Å². The van der Waals surface area contributed by atoms with Crippen LogP contribution in [-0.2, 0) is 6.18 Å². The number of rotatable bonds is 3. The minimum Gasteiger partial charge on any atom is -0.321 e. The van der Waals surface area contributed by atoms with Gasteiger partial charge in [-0.15, -0.1) is 0 Å². The Bertz CT molecular complexity index is 872. The summed E-state index contributed by atoms with van der Waals surface area (Å²) < 4.78 is 53.2. The van der Waals surface area contributed by atoms with E-state index in [2.05, 4.69) is 20.4 Å². The van der Waals surface area contributed by atoms with Crippen LogP contribution >= 0.6 is 0 Å². The zero-order valence-electron chi connectivity index (χ0n) is 12.3. The topological polar surface area (TPSA) is 55.6 Å². The Kier molecular flexibility index (Phi) is 3.92. The normalized spacial score (nSPS) is 11.5. The lowest BCUT2D eigenvalue weighted by atomic mass is 10.3. The third-order valence-electron chi connectivity index (χ3n) is 3.28. The Morgan fingerprint density at radius 2 is 1.88 bits per heavy atom. The minimum absolute atomic E-state index is 0.221. The van der Waals surface area contributed by atoms with Gasteiger partial charge in [-0.3, -0.25) is 0 Å². The molecule has 124 valence electrons. The van der Waals surface area contributed by atoms with Gasteiger partial charge in [-0.05, 0) is 25.1 Å². The predicted molar refractivity (Wildman–Crippen MR) is 78.6 cm³/mol. The second-order valence-electron chi connectivity index (χ2n) is 4.90. The van der Waals surface area contributed by atoms with Crippen LogP contribution in [0.25, 0.3) is 5.69 Å². The van der Waals surface area contributed by atoms with E-state index in [0.717, 1.165) is 12.3 Å². The van der Waals surface area contributed by atoms with Gasteiger partial charge in [0.2, 0.25) is 5.95 Å². The number of benzene rings is 1. The smallest absolute Gasteiger partial charge is 0.321 e. The Morgan fingerprint density at radius 3 is 2.58 bits per heavy atom. The van der Waals surface area contributed by atoms with E-state index >= 15 is 0 Å². The monoisotopic (exact) mass is 337 g/mol. The number of para-hydroxylation sites is 1. The molecule has 3 rings (SSSR count). The molecule has 2 heterocycles. The van der Waals surface area contributed by atoms with Crippen LogP contribution in [0.15, 0.2) is 42.7 Å². The fraction of sp³-hybridized carbons (Fsp3) is 0.133. The maximum absolute atomic E-state index is 13.8. The molecule has 2 aromatic heterocycles. The first-order chi connectivity index (χ1) is 11.4. The number of hydrogen-bond acceptors (Lipinski definition) is 4. The maximum Gasteiger partial charge on any atom is 0.433 e. The molecular formula is C15H11F4N5. The Hall–Kier alpha value is -2.97. The molecule has 0 aliphatic carbocycles. The van der Waals surface area contributed by atoms with Crippen molar-refractivity contribution in [2.45, 2.75) is 13.1 Å². The summed E-state index contributed by atoms with van der Waals surface area (Å²) in [5.74, 6) is -0.688. The Balaban J connectivity index is 1.92. The van der Waals surface area contributed by atoms with Gasteiger partial charge in [0, 0.05) is 6.20 Å². The van der Waals surface area contributed by atoms with Gasteiger partial charge in [0.05, 0.1) is 17.6 Å². The van der Waals surface area contributed by atoms with Gasteiger partial charge < -0.3 is 5.32 Å². The molecule has 5 nitrogen and oxygen atoms in total. The van der Waals surface area contributed by atoms with Crippen LogP contribution in [0.2, 0.25) is 0 Å². The molecule has 0 bridgehead atoms. The highest BCUT2D eigenvalue weighted by molar-refractivity contribution is 5.57. The maximum atomic E-state index is 13.8. The van der Waals surface area contributed by atoms with E-state index < -0.39 is 17.7 Å². The van der Waals surface area contributed by atoms with Crippen LogP contribution in [0.3, 0.4) is 0 Å². The molecule has 1 aromatic carbocycles. The van der Waals surface area contributed by atoms with Crippen molar-refractivity contribution in [1.29, 1.82) is 0 Å². The number of anilines is 2. The molecule has 0 aliphatic heterocycles. The van der Waals surface area contributed by atoms with Gasteiger partial charge >= 0.3 is 6.18 Å². The Morgan fingerprint density at radius 1 is 1.12 bits per heavy atom. The second-order valence-corrected chi connectivity index (χ2v) is 4.90. The number of nitrogens with zero attached hydrogens (tertiary/aromatic N) is 4. The standard InChI is InChI=1S/C15H11F4N5/c1-9-11(8-21-24(9)12-5-3-2-4-10(12)16)22-14-20-7-6-13(23-14)15(17,18)19/h2-8H,1H3,(H,20,22,23). The molecule has 0 radical (unpaired) electrons. The summed E-state index contributed by atoms with van der Waals surface area (Å²) in [4.78, 5) is 7.18. The highest BCUT2D eigenvalue weighted by Crippen LogP contribution is 2.28. The molecule has 0 amide bonds. The SMILES string of the molecule is Cc1c(Nc2nccc(C(F)(F)F)n2)cnn1-c1ccccc1F. The number of nitrogens with one attached hydrogen (secondary N) is 1. The van der Waals surface area contributed by atoms with Crippen molar-refractivity contribution in [2.75, 3.05) is 5.32 Å². The van der Waals surface area contributed by atoms with E-state index in [1.54, 1.807) is 25.1 Å². The van der Waals surface area contributed by atoms with Gasteiger partial charge in [-0.25, -0.2) is 19.0 Å². The first kappa shape index (κ1) is 15.9. The molecule has 0 fully saturated rings. The lowest BCUT2D eigenvalue weighted by Gasteiger charge is -2.09. The number of halogens is 4. The number of hydrogen-bond donors (Lipinski definition) is 1. The summed E-state index contributed by atoms with van der Waals surface area (Å²) in [6, 6.07) is 6.82. The molecule has 1 N–H and O–H groups in total. The van der Waals surface area contributed by atoms with E-state index in [4.69, 9.17) is 0 Å². The molecule has 24 heavy (non-hydrogen) atoms. The van der Waals surface area contributed by atoms with Crippen LogP contribution in [0.4, 0.5) is 29.2 Å². The summed E-state index contributed by atoms with van der Waals surface area (Å²) in [5, 5.41) is 6.72. The summed E-state index contributed by atoms with van der Waals surface area (Å²) in [6.45, 7) is 1.65. The minimum atomic E-state index is -4.56. The average Bonchev–Trinajstić information content (AvgIpc) is 2.88. The molecule has 0 saturated heterocycles. The third-order valence-corrected chi connectivity index (χ3v) is 3.28. The zero-order valence-corrected chi connectivity index (χ0v) is 12.3. The Labute approximate surface area is 134 Å². The summed E-state index contributed by atoms with van der Waals surface area (Å²) >= 11 is 0. The van der Waals surface area contributed by atoms with Gasteiger partial charge in [-0.1, -0.05) is 12.1 Å². The molecule has 0 unspecified atom stereocenters. The lowest BCUT2D eigenvalue weighted by molar-refractivity contribution is -0.141. The van der Waals surface area contributed by atoms with Crippen LogP contribution in [-0.4, -0.2) is 19.7 Å². The van der Waals surface area contributed by atoms with Crippen molar-refractivity contribution in [3.63, 3.8) is 0 Å². The molecule has 0 spiro atoms. The molecule has 0 saturated carbocycles. The van der Waals surface area contributed by atoms with Gasteiger partial charge in [0.25, 0.3) is 0 Å². The molecule has 9 heteroatoms. The van der Waals surface area contributed by atoms with Gasteiger partial charge in [-0.2, -0.15) is 18.3 Å². The third kappa shape index (κ3) is 3.05. The number of alkyl halides is 3. The van der Waals surface area contributed by atoms with Crippen LogP contribution in [0, 0.1) is 12.7 Å². The van der Waals surface area contributed by atoms with Gasteiger partial charge in [0.15, 0.2) is 0 Å². The van der Waals surface area contributed by atoms with Gasteiger partial charge in [0.1, 0.15) is 17.2 Å². The van der Waals surface area contributed by atoms with Crippen molar-refractivity contribution in [3.05, 3.63) is 59.9 Å². The molecule has 3 aromatic rings. The van der Waals surface area contributed by atoms with E-state index in [0.29, 0.717) is 11.4 Å². The summed E-state index contributed by atoms with van der Waals surface area (Å²) in [7, 11) is 0. The van der Waals surface area contributed by atoms with Crippen molar-refractivity contribution in [1.82, 2.24) is 19.7 Å². The second kappa shape index (κ2) is 5.91. The lowest BCUT2D eigenvalue weighted by Crippen LogP contribution is -2.10. The average molecular weight is 337 g/mol. The van der Waals surface area contributed by atoms with E-state index in [1.807, 2.05) is 0 Å². The van der Waals surface area contributed by atoms with Crippen molar-refractivity contribution in [2.24, 2.45) is 0 Å². The molecule has 0 aliphatic rings. The fourth-order valence-electron chi connectivity index (χ4n) is 2.10. The quantitative estimate of drug-likeness (QED) is 0.737. The van der Waals surface area contributed by atoms with E-state index in [1.165, 1.54) is 16.9 Å². The van der Waals surface area contributed by atoms with Crippen molar-refractivity contribution < 1.29 is 17.6 Å². The summed E-state index contributed by atoms with van der Waals surface area (Å²) in [6.07, 6.45) is -2.19. The zero-order chi connectivity index (χ0) is 17.3. The number of aromatic nitrogens is 4. The summed E-state index contributed by atoms with van der Waals surface area (Å²) in [5.41, 5.74) is 0.0471. The largest absolute Gasteiger partial charge is 0.433 e. The van der Waals surface area contributed by atoms with Crippen LogP contribution < -0.4 is 5.32 Å².